The maximum Gasteiger partial charge on any atom is 0.326 e. The lowest BCUT2D eigenvalue weighted by Crippen LogP contribution is -2.55. The number of phenols is 1. The minimum atomic E-state index is -1.35. The Hall–Kier alpha value is -3.67. The maximum absolute atomic E-state index is 12.8. The van der Waals surface area contributed by atoms with Gasteiger partial charge in [-0.1, -0.05) is 32.4 Å². The van der Waals surface area contributed by atoms with Gasteiger partial charge in [-0.2, -0.15) is 0 Å². The summed E-state index contributed by atoms with van der Waals surface area (Å²) in [7, 11) is 0. The van der Waals surface area contributed by atoms with Crippen molar-refractivity contribution in [1.82, 2.24) is 16.0 Å². The Morgan fingerprint density at radius 3 is 2.15 bits per heavy atom. The summed E-state index contributed by atoms with van der Waals surface area (Å²) >= 11 is 0. The van der Waals surface area contributed by atoms with E-state index in [2.05, 4.69) is 16.0 Å². The summed E-state index contributed by atoms with van der Waals surface area (Å²) < 4.78 is 0. The average molecular weight is 480 g/mol. The third-order valence-corrected chi connectivity index (χ3v) is 5.30. The Bertz CT molecular complexity index is 875. The maximum atomic E-state index is 12.8. The SMILES string of the molecule is CCC(C)C(N)C(=O)NC(Cc1ccc(O)cc1)C(=O)NCC(=O)NC(CCC(N)=O)C(=O)O. The van der Waals surface area contributed by atoms with Gasteiger partial charge in [0, 0.05) is 12.8 Å². The number of nitrogens with two attached hydrogens (primary N) is 2. The lowest BCUT2D eigenvalue weighted by Gasteiger charge is -2.23. The number of carboxylic acid groups (broad SMARTS) is 1. The highest BCUT2D eigenvalue weighted by molar-refractivity contribution is 5.93. The zero-order valence-corrected chi connectivity index (χ0v) is 19.2. The van der Waals surface area contributed by atoms with Crippen LogP contribution in [0.4, 0.5) is 0 Å². The van der Waals surface area contributed by atoms with Crippen LogP contribution in [0.25, 0.3) is 0 Å². The summed E-state index contributed by atoms with van der Waals surface area (Å²) in [5.74, 6) is -4.16. The molecule has 4 atom stereocenters. The predicted octanol–water partition coefficient (Wildman–Crippen LogP) is -1.26. The molecule has 0 aromatic heterocycles. The lowest BCUT2D eigenvalue weighted by molar-refractivity contribution is -0.142. The van der Waals surface area contributed by atoms with E-state index in [4.69, 9.17) is 16.6 Å². The molecule has 1 rings (SSSR count). The van der Waals surface area contributed by atoms with Gasteiger partial charge in [0.05, 0.1) is 12.6 Å². The first kappa shape index (κ1) is 28.4. The highest BCUT2D eigenvalue weighted by Crippen LogP contribution is 2.12. The third kappa shape index (κ3) is 9.86. The van der Waals surface area contributed by atoms with E-state index in [1.165, 1.54) is 12.1 Å². The van der Waals surface area contributed by atoms with Crippen molar-refractivity contribution in [3.63, 3.8) is 0 Å². The van der Waals surface area contributed by atoms with Crippen LogP contribution in [-0.4, -0.2) is 64.5 Å². The Labute approximate surface area is 197 Å². The highest BCUT2D eigenvalue weighted by atomic mass is 16.4. The van der Waals surface area contributed by atoms with Crippen LogP contribution in [0, 0.1) is 5.92 Å². The fourth-order valence-corrected chi connectivity index (χ4v) is 2.94. The molecule has 1 aromatic carbocycles. The number of nitrogens with one attached hydrogen (secondary N) is 3. The zero-order valence-electron chi connectivity index (χ0n) is 19.2. The van der Waals surface area contributed by atoms with Gasteiger partial charge in [-0.05, 0) is 30.0 Å². The van der Waals surface area contributed by atoms with Crippen molar-refractivity contribution in [2.24, 2.45) is 17.4 Å². The number of hydrogen-bond acceptors (Lipinski definition) is 7. The molecule has 0 spiro atoms. The van der Waals surface area contributed by atoms with Gasteiger partial charge in [0.1, 0.15) is 17.8 Å². The normalized spacial score (nSPS) is 14.2. The molecule has 4 unspecified atom stereocenters. The van der Waals surface area contributed by atoms with Crippen molar-refractivity contribution in [1.29, 1.82) is 0 Å². The van der Waals surface area contributed by atoms with Crippen LogP contribution < -0.4 is 27.4 Å². The van der Waals surface area contributed by atoms with Crippen LogP contribution in [0.5, 0.6) is 5.75 Å². The van der Waals surface area contributed by atoms with Crippen molar-refractivity contribution >= 4 is 29.6 Å². The highest BCUT2D eigenvalue weighted by Gasteiger charge is 2.27. The molecule has 0 heterocycles. The van der Waals surface area contributed by atoms with Crippen molar-refractivity contribution in [2.45, 2.75) is 57.7 Å². The molecular formula is C22H33N5O7. The van der Waals surface area contributed by atoms with Crippen LogP contribution in [0.15, 0.2) is 24.3 Å². The van der Waals surface area contributed by atoms with Crippen LogP contribution in [0.3, 0.4) is 0 Å². The lowest BCUT2D eigenvalue weighted by atomic mass is 9.98. The monoisotopic (exact) mass is 479 g/mol. The molecule has 34 heavy (non-hydrogen) atoms. The summed E-state index contributed by atoms with van der Waals surface area (Å²) in [4.78, 5) is 59.6. The smallest absolute Gasteiger partial charge is 0.326 e. The number of hydrogen-bond donors (Lipinski definition) is 7. The standard InChI is InChI=1S/C22H33N5O7/c1-3-12(2)19(24)21(32)27-16(10-13-4-6-14(28)7-5-13)20(31)25-11-18(30)26-15(22(33)34)8-9-17(23)29/h4-7,12,15-16,19,28H,3,8-11,24H2,1-2H3,(H2,23,29)(H,25,31)(H,26,30)(H,27,32)(H,33,34). The molecular weight excluding hydrogens is 446 g/mol. The van der Waals surface area contributed by atoms with Gasteiger partial charge in [0.25, 0.3) is 0 Å². The average Bonchev–Trinajstić information content (AvgIpc) is 2.79. The zero-order chi connectivity index (χ0) is 25.8. The number of aliphatic carboxylic acids is 1. The van der Waals surface area contributed by atoms with Gasteiger partial charge in [-0.3, -0.25) is 19.2 Å². The largest absolute Gasteiger partial charge is 0.508 e. The molecule has 0 aliphatic rings. The molecule has 0 aliphatic heterocycles. The van der Waals surface area contributed by atoms with Gasteiger partial charge >= 0.3 is 5.97 Å². The van der Waals surface area contributed by atoms with Crippen molar-refractivity contribution in [3.8, 4) is 5.75 Å². The number of carbonyl (C=O) groups excluding carboxylic acids is 4. The second kappa shape index (κ2) is 13.8. The Morgan fingerprint density at radius 1 is 1.00 bits per heavy atom. The molecule has 1 aromatic rings. The second-order valence-corrected chi connectivity index (χ2v) is 8.02. The molecule has 0 fully saturated rings. The number of rotatable bonds is 14. The molecule has 12 heteroatoms. The summed E-state index contributed by atoms with van der Waals surface area (Å²) in [5.41, 5.74) is 11.6. The van der Waals surface area contributed by atoms with E-state index in [0.717, 1.165) is 0 Å². The topological polar surface area (TPSA) is 214 Å². The molecule has 4 amide bonds. The minimum absolute atomic E-state index is 0.0357. The van der Waals surface area contributed by atoms with Gasteiger partial charge in [0.15, 0.2) is 0 Å². The first-order valence-electron chi connectivity index (χ1n) is 10.9. The Kier molecular flexibility index (Phi) is 11.5. The quantitative estimate of drug-likeness (QED) is 0.171. The Morgan fingerprint density at radius 2 is 1.62 bits per heavy atom. The number of primary amides is 1. The molecule has 0 saturated heterocycles. The number of benzene rings is 1. The fraction of sp³-hybridized carbons (Fsp3) is 0.500. The summed E-state index contributed by atoms with van der Waals surface area (Å²) in [6.07, 6.45) is 0.283. The minimum Gasteiger partial charge on any atom is -0.508 e. The molecule has 9 N–H and O–H groups in total. The summed E-state index contributed by atoms with van der Waals surface area (Å²) in [5, 5.41) is 25.8. The fourth-order valence-electron chi connectivity index (χ4n) is 2.94. The van der Waals surface area contributed by atoms with E-state index in [9.17, 15) is 29.1 Å². The number of carboxylic acids is 1. The van der Waals surface area contributed by atoms with E-state index in [0.29, 0.717) is 12.0 Å². The van der Waals surface area contributed by atoms with E-state index in [1.54, 1.807) is 19.1 Å². The van der Waals surface area contributed by atoms with E-state index >= 15 is 0 Å². The molecule has 188 valence electrons. The molecule has 0 saturated carbocycles. The molecule has 0 aliphatic carbocycles. The number of carbonyl (C=O) groups is 5. The number of phenolic OH excluding ortho intramolecular Hbond substituents is 1. The van der Waals surface area contributed by atoms with Gasteiger partial charge in [-0.25, -0.2) is 4.79 Å². The van der Waals surface area contributed by atoms with E-state index in [-0.39, 0.29) is 30.9 Å². The van der Waals surface area contributed by atoms with Crippen molar-refractivity contribution in [3.05, 3.63) is 29.8 Å². The third-order valence-electron chi connectivity index (χ3n) is 5.30. The van der Waals surface area contributed by atoms with Gasteiger partial charge in [0.2, 0.25) is 23.6 Å². The van der Waals surface area contributed by atoms with Crippen LogP contribution in [0.2, 0.25) is 0 Å². The molecule has 0 radical (unpaired) electrons. The molecule has 0 bridgehead atoms. The first-order chi connectivity index (χ1) is 15.9. The summed E-state index contributed by atoms with van der Waals surface area (Å²) in [6, 6.07) is 2.76. The van der Waals surface area contributed by atoms with E-state index in [1.807, 2.05) is 6.92 Å². The second-order valence-electron chi connectivity index (χ2n) is 8.02. The first-order valence-corrected chi connectivity index (χ1v) is 10.9. The van der Waals surface area contributed by atoms with Crippen LogP contribution in [-0.2, 0) is 30.4 Å². The Balaban J connectivity index is 2.84. The number of amides is 4. The van der Waals surface area contributed by atoms with Crippen molar-refractivity contribution in [2.75, 3.05) is 6.54 Å². The van der Waals surface area contributed by atoms with Gasteiger partial charge in [-0.15, -0.1) is 0 Å². The number of aromatic hydroxyl groups is 1. The predicted molar refractivity (Wildman–Crippen MR) is 122 cm³/mol. The van der Waals surface area contributed by atoms with Crippen LogP contribution >= 0.6 is 0 Å². The van der Waals surface area contributed by atoms with Crippen molar-refractivity contribution < 1.29 is 34.2 Å². The van der Waals surface area contributed by atoms with E-state index < -0.39 is 54.3 Å². The summed E-state index contributed by atoms with van der Waals surface area (Å²) in [6.45, 7) is 3.13. The molecule has 12 nitrogen and oxygen atoms in total. The van der Waals surface area contributed by atoms with Crippen LogP contribution in [0.1, 0.15) is 38.7 Å². The van der Waals surface area contributed by atoms with Gasteiger partial charge < -0.3 is 37.6 Å².